The SMILES string of the molecule is CCCC(=O)CC.CCCC(O)CC. The zero-order chi connectivity index (χ0) is 11.4. The third-order valence-corrected chi connectivity index (χ3v) is 2.02. The van der Waals surface area contributed by atoms with Crippen molar-refractivity contribution >= 4 is 5.78 Å². The van der Waals surface area contributed by atoms with Crippen molar-refractivity contribution in [1.82, 2.24) is 0 Å². The summed E-state index contributed by atoms with van der Waals surface area (Å²) in [5.41, 5.74) is 0. The first kappa shape index (κ1) is 16.1. The first-order chi connectivity index (χ1) is 6.62. The molecular weight excluding hydrogens is 176 g/mol. The second kappa shape index (κ2) is 12.6. The third kappa shape index (κ3) is 14.2. The number of hydrogen-bond donors (Lipinski definition) is 1. The first-order valence-electron chi connectivity index (χ1n) is 5.81. The summed E-state index contributed by atoms with van der Waals surface area (Å²) < 4.78 is 0. The summed E-state index contributed by atoms with van der Waals surface area (Å²) in [5.74, 6) is 0.377. The topological polar surface area (TPSA) is 37.3 Å². The Morgan fingerprint density at radius 1 is 1.14 bits per heavy atom. The second-order valence-electron chi connectivity index (χ2n) is 3.49. The molecule has 0 bridgehead atoms. The van der Waals surface area contributed by atoms with Crippen molar-refractivity contribution in [2.45, 2.75) is 72.3 Å². The maximum absolute atomic E-state index is 10.4. The smallest absolute Gasteiger partial charge is 0.132 e. The van der Waals surface area contributed by atoms with Gasteiger partial charge in [0, 0.05) is 12.8 Å². The van der Waals surface area contributed by atoms with Crippen molar-refractivity contribution < 1.29 is 9.90 Å². The van der Waals surface area contributed by atoms with Gasteiger partial charge >= 0.3 is 0 Å². The minimum atomic E-state index is -0.0509. The molecule has 0 heterocycles. The molecule has 0 aromatic rings. The summed E-state index contributed by atoms with van der Waals surface area (Å²) in [5, 5.41) is 8.86. The minimum Gasteiger partial charge on any atom is -0.393 e. The van der Waals surface area contributed by atoms with Crippen molar-refractivity contribution in [3.05, 3.63) is 0 Å². The summed E-state index contributed by atoms with van der Waals surface area (Å²) in [7, 11) is 0. The normalized spacial score (nSPS) is 11.5. The van der Waals surface area contributed by atoms with Crippen LogP contribution in [0.15, 0.2) is 0 Å². The highest BCUT2D eigenvalue weighted by Gasteiger charge is 1.94. The van der Waals surface area contributed by atoms with E-state index in [1.54, 1.807) is 0 Å². The van der Waals surface area contributed by atoms with Crippen LogP contribution in [-0.4, -0.2) is 17.0 Å². The molecule has 0 aliphatic carbocycles. The Bertz CT molecular complexity index is 121. The lowest BCUT2D eigenvalue weighted by Gasteiger charge is -2.01. The number of ketones is 1. The third-order valence-electron chi connectivity index (χ3n) is 2.02. The van der Waals surface area contributed by atoms with Crippen LogP contribution in [0.5, 0.6) is 0 Å². The van der Waals surface area contributed by atoms with Gasteiger partial charge in [-0.15, -0.1) is 0 Å². The molecule has 0 fully saturated rings. The van der Waals surface area contributed by atoms with Gasteiger partial charge in [0.2, 0.25) is 0 Å². The van der Waals surface area contributed by atoms with E-state index in [1.165, 1.54) is 0 Å². The van der Waals surface area contributed by atoms with Crippen LogP contribution in [0.4, 0.5) is 0 Å². The summed E-state index contributed by atoms with van der Waals surface area (Å²) in [6.07, 6.45) is 5.35. The van der Waals surface area contributed by atoms with Crippen molar-refractivity contribution in [3.63, 3.8) is 0 Å². The molecule has 86 valence electrons. The van der Waals surface area contributed by atoms with E-state index in [2.05, 4.69) is 6.92 Å². The molecule has 14 heavy (non-hydrogen) atoms. The van der Waals surface area contributed by atoms with Gasteiger partial charge in [-0.2, -0.15) is 0 Å². The molecule has 2 nitrogen and oxygen atoms in total. The highest BCUT2D eigenvalue weighted by Crippen LogP contribution is 1.98. The van der Waals surface area contributed by atoms with Crippen molar-refractivity contribution in [1.29, 1.82) is 0 Å². The Morgan fingerprint density at radius 2 is 1.71 bits per heavy atom. The van der Waals surface area contributed by atoms with E-state index >= 15 is 0 Å². The van der Waals surface area contributed by atoms with Gasteiger partial charge in [0.1, 0.15) is 5.78 Å². The van der Waals surface area contributed by atoms with E-state index in [4.69, 9.17) is 5.11 Å². The second-order valence-corrected chi connectivity index (χ2v) is 3.49. The molecule has 0 saturated heterocycles. The van der Waals surface area contributed by atoms with E-state index in [-0.39, 0.29) is 6.10 Å². The highest BCUT2D eigenvalue weighted by atomic mass is 16.3. The molecule has 0 aromatic heterocycles. The Kier molecular flexibility index (Phi) is 14.5. The molecule has 0 spiro atoms. The lowest BCUT2D eigenvalue weighted by atomic mass is 10.2. The van der Waals surface area contributed by atoms with Gasteiger partial charge in [0.25, 0.3) is 0 Å². The van der Waals surface area contributed by atoms with Gasteiger partial charge in [-0.25, -0.2) is 0 Å². The predicted molar refractivity (Wildman–Crippen MR) is 61.4 cm³/mol. The lowest BCUT2D eigenvalue weighted by Crippen LogP contribution is -2.01. The number of hydrogen-bond acceptors (Lipinski definition) is 2. The maximum atomic E-state index is 10.4. The monoisotopic (exact) mass is 202 g/mol. The van der Waals surface area contributed by atoms with E-state index in [0.29, 0.717) is 12.2 Å². The molecule has 0 aromatic carbocycles. The van der Waals surface area contributed by atoms with E-state index in [9.17, 15) is 4.79 Å². The number of aliphatic hydroxyl groups is 1. The summed E-state index contributed by atoms with van der Waals surface area (Å²) in [4.78, 5) is 10.4. The fraction of sp³-hybridized carbons (Fsp3) is 0.917. The number of carbonyl (C=O) groups is 1. The molecule has 0 saturated carbocycles. The van der Waals surface area contributed by atoms with Crippen LogP contribution in [0, 0.1) is 0 Å². The summed E-state index contributed by atoms with van der Waals surface area (Å²) in [6, 6.07) is 0. The molecular formula is C12H26O2. The Morgan fingerprint density at radius 3 is 1.86 bits per heavy atom. The molecule has 0 rings (SSSR count). The zero-order valence-corrected chi connectivity index (χ0v) is 10.2. The standard InChI is InChI=1S/C6H14O.C6H12O/c2*1-3-5-6(7)4-2/h6-7H,3-5H2,1-2H3;3-5H2,1-2H3. The fourth-order valence-electron chi connectivity index (χ4n) is 0.993. The van der Waals surface area contributed by atoms with Gasteiger partial charge in [-0.05, 0) is 19.3 Å². The largest absolute Gasteiger partial charge is 0.393 e. The van der Waals surface area contributed by atoms with Crippen LogP contribution in [0.1, 0.15) is 66.2 Å². The average molecular weight is 202 g/mol. The summed E-state index contributed by atoms with van der Waals surface area (Å²) >= 11 is 0. The first-order valence-corrected chi connectivity index (χ1v) is 5.81. The fourth-order valence-corrected chi connectivity index (χ4v) is 0.993. The minimum absolute atomic E-state index is 0.0509. The molecule has 2 heteroatoms. The lowest BCUT2D eigenvalue weighted by molar-refractivity contribution is -0.118. The van der Waals surface area contributed by atoms with E-state index in [1.807, 2.05) is 20.8 Å². The molecule has 1 unspecified atom stereocenters. The van der Waals surface area contributed by atoms with Gasteiger partial charge in [0.05, 0.1) is 6.10 Å². The number of aliphatic hydroxyl groups excluding tert-OH is 1. The quantitative estimate of drug-likeness (QED) is 0.717. The number of Topliss-reactive ketones (excluding diaryl/α,β-unsaturated/α-hetero) is 1. The van der Waals surface area contributed by atoms with Gasteiger partial charge < -0.3 is 5.11 Å². The van der Waals surface area contributed by atoms with Gasteiger partial charge in [-0.3, -0.25) is 4.79 Å². The molecule has 0 amide bonds. The Balaban J connectivity index is 0. The highest BCUT2D eigenvalue weighted by molar-refractivity contribution is 5.77. The molecule has 0 radical (unpaired) electrons. The van der Waals surface area contributed by atoms with Crippen molar-refractivity contribution in [3.8, 4) is 0 Å². The van der Waals surface area contributed by atoms with E-state index < -0.39 is 0 Å². The van der Waals surface area contributed by atoms with Gasteiger partial charge in [0.15, 0.2) is 0 Å². The predicted octanol–water partition coefficient (Wildman–Crippen LogP) is 3.32. The van der Waals surface area contributed by atoms with Gasteiger partial charge in [-0.1, -0.05) is 34.1 Å². The maximum Gasteiger partial charge on any atom is 0.132 e. The van der Waals surface area contributed by atoms with Crippen LogP contribution in [0.2, 0.25) is 0 Å². The zero-order valence-electron chi connectivity index (χ0n) is 10.2. The van der Waals surface area contributed by atoms with Crippen molar-refractivity contribution in [2.75, 3.05) is 0 Å². The number of carbonyl (C=O) groups excluding carboxylic acids is 1. The van der Waals surface area contributed by atoms with Crippen LogP contribution in [0.3, 0.4) is 0 Å². The van der Waals surface area contributed by atoms with Crippen LogP contribution in [0.25, 0.3) is 0 Å². The van der Waals surface area contributed by atoms with Crippen molar-refractivity contribution in [2.24, 2.45) is 0 Å². The molecule has 1 N–H and O–H groups in total. The van der Waals surface area contributed by atoms with Crippen LogP contribution >= 0.6 is 0 Å². The van der Waals surface area contributed by atoms with Crippen LogP contribution in [-0.2, 0) is 4.79 Å². The molecule has 1 atom stereocenters. The molecule has 0 aliphatic rings. The average Bonchev–Trinajstić information content (AvgIpc) is 2.19. The molecule has 0 aliphatic heterocycles. The summed E-state index contributed by atoms with van der Waals surface area (Å²) in [6.45, 7) is 8.00. The number of rotatable bonds is 6. The Labute approximate surface area is 88.7 Å². The van der Waals surface area contributed by atoms with Crippen LogP contribution < -0.4 is 0 Å². The van der Waals surface area contributed by atoms with E-state index in [0.717, 1.165) is 32.1 Å². The Hall–Kier alpha value is -0.370.